The van der Waals surface area contributed by atoms with Gasteiger partial charge < -0.3 is 0 Å². The number of hydrogen-bond donors (Lipinski definition) is 0. The normalized spacial score (nSPS) is 23.3. The fraction of sp³-hybridized carbons (Fsp3) is 1.00. The van der Waals surface area contributed by atoms with Gasteiger partial charge in [-0.15, -0.1) is 0 Å². The van der Waals surface area contributed by atoms with Crippen LogP contribution in [-0.4, -0.2) is 27.0 Å². The van der Waals surface area contributed by atoms with Crippen molar-refractivity contribution in [3.63, 3.8) is 0 Å². The summed E-state index contributed by atoms with van der Waals surface area (Å²) in [4.78, 5) is 0. The zero-order valence-corrected chi connectivity index (χ0v) is 10.7. The van der Waals surface area contributed by atoms with Crippen LogP contribution in [0.4, 0.5) is 0 Å². The van der Waals surface area contributed by atoms with Crippen LogP contribution in [0.15, 0.2) is 0 Å². The summed E-state index contributed by atoms with van der Waals surface area (Å²) in [6.07, 6.45) is 10.6. The van der Waals surface area contributed by atoms with Gasteiger partial charge in [0.1, 0.15) is 0 Å². The summed E-state index contributed by atoms with van der Waals surface area (Å²) < 4.78 is 0. The van der Waals surface area contributed by atoms with Crippen molar-refractivity contribution in [2.24, 2.45) is 0 Å². The van der Waals surface area contributed by atoms with Gasteiger partial charge in [-0.05, 0) is 0 Å². The van der Waals surface area contributed by atoms with Crippen molar-refractivity contribution in [1.82, 2.24) is 0 Å². The molecule has 0 N–H and O–H groups in total. The summed E-state index contributed by atoms with van der Waals surface area (Å²) in [5, 5.41) is 0. The van der Waals surface area contributed by atoms with Gasteiger partial charge in [0.2, 0.25) is 0 Å². The Morgan fingerprint density at radius 1 is 0.846 bits per heavy atom. The second-order valence-corrected chi connectivity index (χ2v) is 11.5. The fourth-order valence-electron chi connectivity index (χ4n) is 2.61. The van der Waals surface area contributed by atoms with Crippen molar-refractivity contribution in [3.05, 3.63) is 0 Å². The summed E-state index contributed by atoms with van der Waals surface area (Å²) >= 11 is 0. The van der Waals surface area contributed by atoms with Gasteiger partial charge in [-0.3, -0.25) is 0 Å². The molecule has 0 heterocycles. The molecule has 0 radical (unpaired) electrons. The van der Waals surface area contributed by atoms with Crippen LogP contribution in [0.5, 0.6) is 0 Å². The quantitative estimate of drug-likeness (QED) is 0.472. The molecular formula is C11H26BP. The molecule has 0 bridgehead atoms. The first-order valence-electron chi connectivity index (χ1n) is 6.08. The third-order valence-electron chi connectivity index (χ3n) is 3.13. The maximum absolute atomic E-state index is 2.52. The average molecular weight is 200 g/mol. The van der Waals surface area contributed by atoms with Crippen LogP contribution in [0.3, 0.4) is 0 Å². The summed E-state index contributed by atoms with van der Waals surface area (Å²) in [5.41, 5.74) is 0. The molecule has 0 spiro atoms. The van der Waals surface area contributed by atoms with E-state index >= 15 is 0 Å². The van der Waals surface area contributed by atoms with Gasteiger partial charge in [0, 0.05) is 0 Å². The molecule has 0 atom stereocenters. The van der Waals surface area contributed by atoms with Crippen LogP contribution >= 0.6 is 7.14 Å². The van der Waals surface area contributed by atoms with Gasteiger partial charge in [-0.25, -0.2) is 0 Å². The molecule has 1 aliphatic carbocycles. The molecule has 1 fully saturated rings. The van der Waals surface area contributed by atoms with E-state index in [1.165, 1.54) is 44.9 Å². The first kappa shape index (κ1) is 11.6. The zero-order chi connectivity index (χ0) is 9.73. The molecule has 0 aromatic heterocycles. The van der Waals surface area contributed by atoms with Gasteiger partial charge >= 0.3 is 84.9 Å². The molecule has 13 heavy (non-hydrogen) atoms. The molecule has 0 aliphatic heterocycles. The Kier molecular flexibility index (Phi) is 4.80. The Morgan fingerprint density at radius 3 is 1.77 bits per heavy atom. The monoisotopic (exact) mass is 200 g/mol. The number of rotatable bonds is 2. The molecule has 0 nitrogen and oxygen atoms in total. The average Bonchev–Trinajstić information content (AvgIpc) is 1.92. The Hall–Kier alpha value is 0.495. The van der Waals surface area contributed by atoms with Crippen molar-refractivity contribution in [2.45, 2.75) is 50.8 Å². The van der Waals surface area contributed by atoms with E-state index in [9.17, 15) is 0 Å². The van der Waals surface area contributed by atoms with Crippen molar-refractivity contribution in [3.8, 4) is 0 Å². The van der Waals surface area contributed by atoms with Crippen LogP contribution in [0.2, 0.25) is 5.82 Å². The van der Waals surface area contributed by atoms with Crippen molar-refractivity contribution in [1.29, 1.82) is 0 Å². The van der Waals surface area contributed by atoms with E-state index in [-0.39, 0.29) is 0 Å². The van der Waals surface area contributed by atoms with Gasteiger partial charge in [-0.1, -0.05) is 0 Å². The van der Waals surface area contributed by atoms with Gasteiger partial charge in [0.05, 0.1) is 0 Å². The molecule has 1 rings (SSSR count). The number of hydrogen-bond acceptors (Lipinski definition) is 0. The minimum atomic E-state index is -0.783. The Morgan fingerprint density at radius 2 is 1.31 bits per heavy atom. The minimum absolute atomic E-state index is 0.783. The van der Waals surface area contributed by atoms with Gasteiger partial charge in [0.15, 0.2) is 0 Å². The van der Waals surface area contributed by atoms with Crippen LogP contribution in [-0.2, 0) is 0 Å². The molecule has 0 unspecified atom stereocenters. The van der Waals surface area contributed by atoms with Gasteiger partial charge in [-0.2, -0.15) is 0 Å². The topological polar surface area (TPSA) is 0 Å². The van der Waals surface area contributed by atoms with E-state index < -0.39 is 7.14 Å². The molecule has 2 heteroatoms. The molecule has 78 valence electrons. The van der Waals surface area contributed by atoms with Crippen molar-refractivity contribution >= 4 is 14.1 Å². The standard InChI is InChI=1S/C11H26BP/c1-13(2,3)12-11-9-7-5-4-6-8-10-11/h11-13H,4-10H2,1-3H3. The Balaban J connectivity index is 2.29. The van der Waals surface area contributed by atoms with E-state index in [1.807, 2.05) is 0 Å². The SMILES string of the molecule is C[PH](C)(C)BC1CCCCCCC1. The van der Waals surface area contributed by atoms with E-state index in [0.29, 0.717) is 0 Å². The third-order valence-corrected chi connectivity index (χ3v) is 4.93. The first-order chi connectivity index (χ1) is 6.08. The molecule has 0 saturated heterocycles. The molecular weight excluding hydrogens is 174 g/mol. The van der Waals surface area contributed by atoms with E-state index in [1.54, 1.807) is 7.00 Å². The predicted molar refractivity (Wildman–Crippen MR) is 69.3 cm³/mol. The van der Waals surface area contributed by atoms with Crippen molar-refractivity contribution < 1.29 is 0 Å². The van der Waals surface area contributed by atoms with Crippen molar-refractivity contribution in [2.75, 3.05) is 20.0 Å². The second-order valence-electron chi connectivity index (χ2n) is 5.98. The summed E-state index contributed by atoms with van der Waals surface area (Å²) in [6, 6.07) is 0. The molecule has 1 aliphatic rings. The third kappa shape index (κ3) is 5.73. The summed E-state index contributed by atoms with van der Waals surface area (Å²) in [5.74, 6) is 1.09. The zero-order valence-electron chi connectivity index (χ0n) is 9.73. The van der Waals surface area contributed by atoms with E-state index in [4.69, 9.17) is 0 Å². The van der Waals surface area contributed by atoms with Crippen LogP contribution in [0.25, 0.3) is 0 Å². The molecule has 1 saturated carbocycles. The molecule has 0 amide bonds. The van der Waals surface area contributed by atoms with Crippen LogP contribution in [0.1, 0.15) is 44.9 Å². The van der Waals surface area contributed by atoms with E-state index in [0.717, 1.165) is 5.82 Å². The molecule has 0 aromatic carbocycles. The fourth-order valence-corrected chi connectivity index (χ4v) is 4.75. The van der Waals surface area contributed by atoms with Crippen LogP contribution in [0, 0.1) is 0 Å². The maximum atomic E-state index is 2.52. The summed E-state index contributed by atoms with van der Waals surface area (Å²) in [6.45, 7) is 9.14. The Bertz CT molecular complexity index is 132. The summed E-state index contributed by atoms with van der Waals surface area (Å²) in [7, 11) is -0.783. The molecule has 0 aromatic rings. The van der Waals surface area contributed by atoms with E-state index in [2.05, 4.69) is 20.0 Å². The predicted octanol–water partition coefficient (Wildman–Crippen LogP) is 3.51. The van der Waals surface area contributed by atoms with Gasteiger partial charge in [0.25, 0.3) is 0 Å². The Labute approximate surface area is 85.4 Å². The van der Waals surface area contributed by atoms with Crippen LogP contribution < -0.4 is 0 Å². The first-order valence-corrected chi connectivity index (χ1v) is 9.79. The second kappa shape index (κ2) is 5.39.